The van der Waals surface area contributed by atoms with Gasteiger partial charge in [0, 0.05) is 30.1 Å². The summed E-state index contributed by atoms with van der Waals surface area (Å²) < 4.78 is 0. The SMILES string of the molecule is Cc1ccc(CNC(=O)CCCc2c(-c3ccccn3)[nH]c3ccccc23)cc1. The van der Waals surface area contributed by atoms with Crippen LogP contribution in [-0.4, -0.2) is 15.9 Å². The molecule has 0 aliphatic rings. The van der Waals surface area contributed by atoms with E-state index in [1.165, 1.54) is 16.5 Å². The van der Waals surface area contributed by atoms with Crippen LogP contribution in [-0.2, 0) is 17.8 Å². The molecular formula is C25H25N3O. The Labute approximate surface area is 171 Å². The second kappa shape index (κ2) is 8.74. The molecule has 0 saturated carbocycles. The van der Waals surface area contributed by atoms with Crippen molar-refractivity contribution >= 4 is 16.8 Å². The Morgan fingerprint density at radius 2 is 1.79 bits per heavy atom. The Balaban J connectivity index is 1.41. The van der Waals surface area contributed by atoms with E-state index in [2.05, 4.69) is 64.7 Å². The first-order valence-corrected chi connectivity index (χ1v) is 10.0. The number of para-hydroxylation sites is 1. The molecule has 0 saturated heterocycles. The molecule has 4 heteroatoms. The molecule has 0 atom stereocenters. The van der Waals surface area contributed by atoms with Crippen LogP contribution in [0.2, 0.25) is 0 Å². The smallest absolute Gasteiger partial charge is 0.220 e. The van der Waals surface area contributed by atoms with Gasteiger partial charge in [-0.05, 0) is 49.1 Å². The van der Waals surface area contributed by atoms with Gasteiger partial charge in [-0.15, -0.1) is 0 Å². The quantitative estimate of drug-likeness (QED) is 0.462. The highest BCUT2D eigenvalue weighted by Crippen LogP contribution is 2.30. The summed E-state index contributed by atoms with van der Waals surface area (Å²) in [6.45, 7) is 2.64. The minimum absolute atomic E-state index is 0.0878. The van der Waals surface area contributed by atoms with Crippen molar-refractivity contribution in [2.24, 2.45) is 0 Å². The highest BCUT2D eigenvalue weighted by atomic mass is 16.1. The summed E-state index contributed by atoms with van der Waals surface area (Å²) >= 11 is 0. The number of hydrogen-bond donors (Lipinski definition) is 2. The number of nitrogens with zero attached hydrogens (tertiary/aromatic N) is 1. The fraction of sp³-hybridized carbons (Fsp3) is 0.200. The van der Waals surface area contributed by atoms with Gasteiger partial charge in [-0.2, -0.15) is 0 Å². The molecule has 0 fully saturated rings. The van der Waals surface area contributed by atoms with Gasteiger partial charge in [0.05, 0.1) is 11.4 Å². The summed E-state index contributed by atoms with van der Waals surface area (Å²) in [5.74, 6) is 0.0878. The van der Waals surface area contributed by atoms with Crippen molar-refractivity contribution in [3.8, 4) is 11.4 Å². The highest BCUT2D eigenvalue weighted by Gasteiger charge is 2.14. The molecule has 2 aromatic heterocycles. The van der Waals surface area contributed by atoms with E-state index in [1.54, 1.807) is 0 Å². The molecule has 0 unspecified atom stereocenters. The van der Waals surface area contributed by atoms with Crippen molar-refractivity contribution in [2.75, 3.05) is 0 Å². The summed E-state index contributed by atoms with van der Waals surface area (Å²) in [4.78, 5) is 20.3. The standard InChI is InChI=1S/C25H25N3O/c1-18-12-14-19(15-13-18)17-27-24(29)11-6-8-21-20-7-2-3-9-22(20)28-25(21)23-10-4-5-16-26-23/h2-5,7,9-10,12-16,28H,6,8,11,17H2,1H3,(H,27,29). The van der Waals surface area contributed by atoms with E-state index in [0.29, 0.717) is 13.0 Å². The third-order valence-electron chi connectivity index (χ3n) is 5.18. The molecule has 1 amide bonds. The number of carbonyl (C=O) groups excluding carboxylic acids is 1. The molecule has 0 spiro atoms. The maximum Gasteiger partial charge on any atom is 0.220 e. The van der Waals surface area contributed by atoms with Crippen molar-refractivity contribution in [3.05, 3.63) is 89.6 Å². The number of hydrogen-bond acceptors (Lipinski definition) is 2. The fourth-order valence-corrected chi connectivity index (χ4v) is 3.61. The highest BCUT2D eigenvalue weighted by molar-refractivity contribution is 5.90. The van der Waals surface area contributed by atoms with Gasteiger partial charge in [0.25, 0.3) is 0 Å². The molecule has 4 rings (SSSR count). The predicted molar refractivity (Wildman–Crippen MR) is 117 cm³/mol. The van der Waals surface area contributed by atoms with Crippen LogP contribution < -0.4 is 5.32 Å². The molecule has 2 aromatic carbocycles. The summed E-state index contributed by atoms with van der Waals surface area (Å²) in [5.41, 5.74) is 6.66. The zero-order valence-electron chi connectivity index (χ0n) is 16.6. The van der Waals surface area contributed by atoms with E-state index in [-0.39, 0.29) is 5.91 Å². The number of fused-ring (bicyclic) bond motifs is 1. The molecule has 146 valence electrons. The van der Waals surface area contributed by atoms with E-state index < -0.39 is 0 Å². The number of nitrogens with one attached hydrogen (secondary N) is 2. The number of aromatic amines is 1. The minimum atomic E-state index is 0.0878. The van der Waals surface area contributed by atoms with Crippen LogP contribution in [0.4, 0.5) is 0 Å². The lowest BCUT2D eigenvalue weighted by Gasteiger charge is -2.07. The number of rotatable bonds is 7. The molecule has 29 heavy (non-hydrogen) atoms. The normalized spacial score (nSPS) is 10.9. The molecule has 4 aromatic rings. The van der Waals surface area contributed by atoms with Crippen LogP contribution in [0.15, 0.2) is 72.9 Å². The minimum Gasteiger partial charge on any atom is -0.353 e. The summed E-state index contributed by atoms with van der Waals surface area (Å²) in [6.07, 6.45) is 3.94. The van der Waals surface area contributed by atoms with Crippen LogP contribution in [0.1, 0.15) is 29.5 Å². The van der Waals surface area contributed by atoms with Crippen molar-refractivity contribution in [1.82, 2.24) is 15.3 Å². The maximum absolute atomic E-state index is 12.3. The third-order valence-corrected chi connectivity index (χ3v) is 5.18. The van der Waals surface area contributed by atoms with E-state index >= 15 is 0 Å². The van der Waals surface area contributed by atoms with Crippen LogP contribution in [0.5, 0.6) is 0 Å². The van der Waals surface area contributed by atoms with E-state index in [4.69, 9.17) is 0 Å². The van der Waals surface area contributed by atoms with Crippen LogP contribution in [0.3, 0.4) is 0 Å². The van der Waals surface area contributed by atoms with E-state index in [1.807, 2.05) is 30.5 Å². The Morgan fingerprint density at radius 3 is 2.59 bits per heavy atom. The van der Waals surface area contributed by atoms with Gasteiger partial charge in [0.1, 0.15) is 0 Å². The number of aryl methyl sites for hydroxylation is 2. The van der Waals surface area contributed by atoms with Crippen molar-refractivity contribution < 1.29 is 4.79 Å². The van der Waals surface area contributed by atoms with Crippen LogP contribution >= 0.6 is 0 Å². The predicted octanol–water partition coefficient (Wildman–Crippen LogP) is 5.18. The fourth-order valence-electron chi connectivity index (χ4n) is 3.61. The molecular weight excluding hydrogens is 358 g/mol. The first kappa shape index (κ1) is 18.9. The lowest BCUT2D eigenvalue weighted by atomic mass is 10.0. The molecule has 0 bridgehead atoms. The molecule has 2 heterocycles. The Kier molecular flexibility index (Phi) is 5.71. The summed E-state index contributed by atoms with van der Waals surface area (Å²) in [7, 11) is 0. The van der Waals surface area contributed by atoms with Crippen molar-refractivity contribution in [1.29, 1.82) is 0 Å². The topological polar surface area (TPSA) is 57.8 Å². The second-order valence-electron chi connectivity index (χ2n) is 7.35. The number of pyridine rings is 1. The Hall–Kier alpha value is -3.40. The number of aromatic nitrogens is 2. The summed E-state index contributed by atoms with van der Waals surface area (Å²) in [5, 5.41) is 4.22. The van der Waals surface area contributed by atoms with Crippen LogP contribution in [0, 0.1) is 6.92 Å². The van der Waals surface area contributed by atoms with Gasteiger partial charge < -0.3 is 10.3 Å². The van der Waals surface area contributed by atoms with Gasteiger partial charge in [-0.25, -0.2) is 0 Å². The van der Waals surface area contributed by atoms with E-state index in [0.717, 1.165) is 35.3 Å². The average Bonchev–Trinajstić information content (AvgIpc) is 3.13. The molecule has 4 nitrogen and oxygen atoms in total. The van der Waals surface area contributed by atoms with Crippen molar-refractivity contribution in [3.63, 3.8) is 0 Å². The molecule has 0 aliphatic heterocycles. The first-order chi connectivity index (χ1) is 14.2. The third kappa shape index (κ3) is 4.54. The lowest BCUT2D eigenvalue weighted by molar-refractivity contribution is -0.121. The van der Waals surface area contributed by atoms with Gasteiger partial charge in [-0.3, -0.25) is 9.78 Å². The maximum atomic E-state index is 12.3. The van der Waals surface area contributed by atoms with Crippen molar-refractivity contribution in [2.45, 2.75) is 32.7 Å². The first-order valence-electron chi connectivity index (χ1n) is 10.0. The summed E-state index contributed by atoms with van der Waals surface area (Å²) in [6, 6.07) is 22.5. The molecule has 2 N–H and O–H groups in total. The monoisotopic (exact) mass is 383 g/mol. The number of amides is 1. The number of carbonyl (C=O) groups is 1. The molecule has 0 aliphatic carbocycles. The zero-order valence-corrected chi connectivity index (χ0v) is 16.6. The van der Waals surface area contributed by atoms with Crippen LogP contribution in [0.25, 0.3) is 22.3 Å². The largest absolute Gasteiger partial charge is 0.353 e. The van der Waals surface area contributed by atoms with Gasteiger partial charge in [0.2, 0.25) is 5.91 Å². The molecule has 0 radical (unpaired) electrons. The second-order valence-corrected chi connectivity index (χ2v) is 7.35. The van der Waals surface area contributed by atoms with Gasteiger partial charge in [-0.1, -0.05) is 54.1 Å². The number of benzene rings is 2. The zero-order chi connectivity index (χ0) is 20.1. The number of H-pyrrole nitrogens is 1. The van der Waals surface area contributed by atoms with Gasteiger partial charge in [0.15, 0.2) is 0 Å². The van der Waals surface area contributed by atoms with Gasteiger partial charge >= 0.3 is 0 Å². The van der Waals surface area contributed by atoms with E-state index in [9.17, 15) is 4.79 Å². The lowest BCUT2D eigenvalue weighted by Crippen LogP contribution is -2.22. The average molecular weight is 383 g/mol. The Bertz CT molecular complexity index is 1100. The Morgan fingerprint density at radius 1 is 1.00 bits per heavy atom.